The van der Waals surface area contributed by atoms with Gasteiger partial charge in [-0.15, -0.1) is 0 Å². The summed E-state index contributed by atoms with van der Waals surface area (Å²) in [5.74, 6) is -2.24. The Morgan fingerprint density at radius 2 is 1.84 bits per heavy atom. The average Bonchev–Trinajstić information content (AvgIpc) is 3.14. The second-order valence-corrected chi connectivity index (χ2v) is 7.54. The Hall–Kier alpha value is -3.82. The molecule has 1 fully saturated rings. The summed E-state index contributed by atoms with van der Waals surface area (Å²) in [7, 11) is 0. The maximum absolute atomic E-state index is 13.4. The fourth-order valence-electron chi connectivity index (χ4n) is 3.40. The highest BCUT2D eigenvalue weighted by Crippen LogP contribution is 2.23. The van der Waals surface area contributed by atoms with E-state index in [4.69, 9.17) is 0 Å². The normalized spacial score (nSPS) is 15.5. The van der Waals surface area contributed by atoms with E-state index in [1.807, 2.05) is 6.92 Å². The van der Waals surface area contributed by atoms with E-state index < -0.39 is 28.3 Å². The Morgan fingerprint density at radius 3 is 2.50 bits per heavy atom. The van der Waals surface area contributed by atoms with Crippen molar-refractivity contribution in [1.82, 2.24) is 4.90 Å². The first kappa shape index (κ1) is 22.9. The molecule has 0 bridgehead atoms. The van der Waals surface area contributed by atoms with Gasteiger partial charge in [0.05, 0.1) is 10.8 Å². The highest BCUT2D eigenvalue weighted by Gasteiger charge is 2.33. The number of hydrogen-bond acceptors (Lipinski definition) is 5. The van der Waals surface area contributed by atoms with Crippen LogP contribution in [0.25, 0.3) is 0 Å². The van der Waals surface area contributed by atoms with Crippen molar-refractivity contribution in [2.75, 3.05) is 23.7 Å². The summed E-state index contributed by atoms with van der Waals surface area (Å²) in [6.07, 6.45) is 2.05. The lowest BCUT2D eigenvalue weighted by molar-refractivity contribution is -0.387. The Morgan fingerprint density at radius 1 is 1.16 bits per heavy atom. The summed E-state index contributed by atoms with van der Waals surface area (Å²) >= 11 is 0. The summed E-state index contributed by atoms with van der Waals surface area (Å²) < 4.78 is 13.4. The van der Waals surface area contributed by atoms with Crippen LogP contribution in [0, 0.1) is 21.8 Å². The van der Waals surface area contributed by atoms with E-state index in [0.717, 1.165) is 25.0 Å². The lowest BCUT2D eigenvalue weighted by Gasteiger charge is -2.16. The lowest BCUT2D eigenvalue weighted by atomic mass is 10.1. The number of nitrogens with zero attached hydrogens (tertiary/aromatic N) is 2. The predicted molar refractivity (Wildman–Crippen MR) is 116 cm³/mol. The number of anilines is 2. The molecule has 3 rings (SSSR count). The molecule has 0 radical (unpaired) electrons. The fraction of sp³-hybridized carbons (Fsp3) is 0.318. The van der Waals surface area contributed by atoms with Crippen LogP contribution in [0.3, 0.4) is 0 Å². The third-order valence-corrected chi connectivity index (χ3v) is 5.18. The largest absolute Gasteiger partial charge is 0.342 e. The predicted octanol–water partition coefficient (Wildman–Crippen LogP) is 3.57. The minimum Gasteiger partial charge on any atom is -0.342 e. The van der Waals surface area contributed by atoms with Gasteiger partial charge in [0.1, 0.15) is 0 Å². The number of likely N-dealkylation sites (tertiary alicyclic amines) is 1. The van der Waals surface area contributed by atoms with Crippen molar-refractivity contribution >= 4 is 34.8 Å². The molecule has 168 valence electrons. The first-order valence-corrected chi connectivity index (χ1v) is 10.2. The Labute approximate surface area is 183 Å². The molecule has 1 heterocycles. The molecule has 0 aromatic heterocycles. The molecule has 2 aromatic carbocycles. The number of nitro benzene ring substituents is 1. The van der Waals surface area contributed by atoms with E-state index in [9.17, 15) is 28.9 Å². The Bertz CT molecular complexity index is 1040. The van der Waals surface area contributed by atoms with Crippen LogP contribution in [0.5, 0.6) is 0 Å². The van der Waals surface area contributed by atoms with Gasteiger partial charge in [-0.25, -0.2) is 0 Å². The number of nitro groups is 1. The van der Waals surface area contributed by atoms with Crippen molar-refractivity contribution in [1.29, 1.82) is 0 Å². The van der Waals surface area contributed by atoms with Crippen LogP contribution in [-0.4, -0.2) is 40.6 Å². The molecule has 2 N–H and O–H groups in total. The van der Waals surface area contributed by atoms with Crippen molar-refractivity contribution in [2.24, 2.45) is 5.92 Å². The average molecular weight is 442 g/mol. The van der Waals surface area contributed by atoms with Crippen molar-refractivity contribution < 1.29 is 23.7 Å². The zero-order valence-electron chi connectivity index (χ0n) is 17.5. The highest BCUT2D eigenvalue weighted by molar-refractivity contribution is 6.05. The maximum atomic E-state index is 13.4. The summed E-state index contributed by atoms with van der Waals surface area (Å²) in [6, 6.07) is 9.13. The van der Waals surface area contributed by atoms with Crippen molar-refractivity contribution in [2.45, 2.75) is 26.2 Å². The number of amides is 3. The lowest BCUT2D eigenvalue weighted by Crippen LogP contribution is -2.29. The summed E-state index contributed by atoms with van der Waals surface area (Å²) in [6.45, 7) is 3.09. The molecule has 0 aliphatic carbocycles. The smallest absolute Gasteiger partial charge is 0.306 e. The van der Waals surface area contributed by atoms with E-state index in [1.165, 1.54) is 18.2 Å². The van der Waals surface area contributed by atoms with E-state index in [0.29, 0.717) is 18.8 Å². The first-order chi connectivity index (χ1) is 15.3. The molecule has 1 aliphatic rings. The number of unbranched alkanes of at least 4 members (excludes halogenated alkanes) is 1. The zero-order chi connectivity index (χ0) is 23.3. The number of benzene rings is 2. The second-order valence-electron chi connectivity index (χ2n) is 7.54. The summed E-state index contributed by atoms with van der Waals surface area (Å²) in [5.41, 5.74) is 0.0683. The van der Waals surface area contributed by atoms with Gasteiger partial charge < -0.3 is 15.5 Å². The number of carbonyl (C=O) groups excluding carboxylic acids is 3. The van der Waals surface area contributed by atoms with Gasteiger partial charge >= 0.3 is 5.69 Å². The van der Waals surface area contributed by atoms with Gasteiger partial charge in [-0.1, -0.05) is 13.3 Å². The number of nitrogens with one attached hydrogen (secondary N) is 2. The minimum absolute atomic E-state index is 0.0216. The SMILES string of the molecule is CCCCN1C[C@@H](C(=O)Nc2ccc(C(=O)Nc3ccc(F)c([N+](=O)[O-])c3)cc2)CC1=O. The van der Waals surface area contributed by atoms with Crippen molar-refractivity contribution in [3.63, 3.8) is 0 Å². The van der Waals surface area contributed by atoms with Crippen LogP contribution in [-0.2, 0) is 9.59 Å². The fourth-order valence-corrected chi connectivity index (χ4v) is 3.40. The van der Waals surface area contributed by atoms with Gasteiger partial charge in [-0.2, -0.15) is 4.39 Å². The molecule has 10 heteroatoms. The van der Waals surface area contributed by atoms with Crippen LogP contribution in [0.15, 0.2) is 42.5 Å². The standard InChI is InChI=1S/C22H23FN4O5/c1-2-3-10-26-13-15(11-20(26)28)22(30)24-16-6-4-14(5-7-16)21(29)25-17-8-9-18(23)19(12-17)27(31)32/h4-9,12,15H,2-3,10-11,13H2,1H3,(H,24,30)(H,25,29)/t15-/m0/s1. The van der Waals surface area contributed by atoms with Crippen LogP contribution in [0.1, 0.15) is 36.5 Å². The van der Waals surface area contributed by atoms with Crippen molar-refractivity contribution in [3.05, 3.63) is 64.0 Å². The molecule has 0 spiro atoms. The number of hydrogen-bond donors (Lipinski definition) is 2. The van der Waals surface area contributed by atoms with Gasteiger partial charge in [0.25, 0.3) is 5.91 Å². The van der Waals surface area contributed by atoms with E-state index in [1.54, 1.807) is 17.0 Å². The van der Waals surface area contributed by atoms with E-state index in [2.05, 4.69) is 10.6 Å². The van der Waals surface area contributed by atoms with Gasteiger partial charge in [-0.3, -0.25) is 24.5 Å². The Balaban J connectivity index is 1.58. The van der Waals surface area contributed by atoms with E-state index >= 15 is 0 Å². The van der Waals surface area contributed by atoms with Gasteiger partial charge in [-0.05, 0) is 42.8 Å². The third-order valence-electron chi connectivity index (χ3n) is 5.18. The van der Waals surface area contributed by atoms with Crippen LogP contribution in [0.2, 0.25) is 0 Å². The Kier molecular flexibility index (Phi) is 7.14. The van der Waals surface area contributed by atoms with Gasteiger partial charge in [0.15, 0.2) is 0 Å². The number of halogens is 1. The minimum atomic E-state index is -0.995. The summed E-state index contributed by atoms with van der Waals surface area (Å²) in [4.78, 5) is 48.6. The van der Waals surface area contributed by atoms with Crippen LogP contribution < -0.4 is 10.6 Å². The molecular weight excluding hydrogens is 419 g/mol. The molecule has 32 heavy (non-hydrogen) atoms. The van der Waals surface area contributed by atoms with Gasteiger partial charge in [0.2, 0.25) is 17.6 Å². The number of carbonyl (C=O) groups is 3. The summed E-state index contributed by atoms with van der Waals surface area (Å²) in [5, 5.41) is 16.1. The van der Waals surface area contributed by atoms with E-state index in [-0.39, 0.29) is 29.5 Å². The molecule has 0 saturated carbocycles. The number of rotatable bonds is 8. The molecule has 9 nitrogen and oxygen atoms in total. The molecule has 3 amide bonds. The molecule has 0 unspecified atom stereocenters. The van der Waals surface area contributed by atoms with Gasteiger partial charge in [0, 0.05) is 42.5 Å². The first-order valence-electron chi connectivity index (χ1n) is 10.2. The topological polar surface area (TPSA) is 122 Å². The quantitative estimate of drug-likeness (QED) is 0.478. The highest BCUT2D eigenvalue weighted by atomic mass is 19.1. The van der Waals surface area contributed by atoms with Crippen molar-refractivity contribution in [3.8, 4) is 0 Å². The molecule has 1 saturated heterocycles. The third kappa shape index (κ3) is 5.45. The molecule has 1 aliphatic heterocycles. The van der Waals surface area contributed by atoms with Crippen LogP contribution >= 0.6 is 0 Å². The maximum Gasteiger partial charge on any atom is 0.306 e. The molecule has 1 atom stereocenters. The zero-order valence-corrected chi connectivity index (χ0v) is 17.5. The second kappa shape index (κ2) is 9.99. The monoisotopic (exact) mass is 442 g/mol. The van der Waals surface area contributed by atoms with Crippen LogP contribution in [0.4, 0.5) is 21.5 Å². The molecule has 2 aromatic rings. The molecular formula is C22H23FN4O5.